The molecule has 0 saturated carbocycles. The summed E-state index contributed by atoms with van der Waals surface area (Å²) < 4.78 is 0. The van der Waals surface area contributed by atoms with Gasteiger partial charge in [-0.25, -0.2) is 19.9 Å². The molecule has 3 aliphatic rings. The van der Waals surface area contributed by atoms with Gasteiger partial charge in [-0.05, 0) is 63.3 Å². The van der Waals surface area contributed by atoms with E-state index < -0.39 is 6.10 Å². The molecule has 2 saturated heterocycles. The zero-order valence-electron chi connectivity index (χ0n) is 22.0. The van der Waals surface area contributed by atoms with E-state index >= 15 is 0 Å². The maximum Gasteiger partial charge on any atom is 0.229 e. The van der Waals surface area contributed by atoms with Crippen LogP contribution in [0.3, 0.4) is 0 Å². The first-order valence-electron chi connectivity index (χ1n) is 13.9. The minimum atomic E-state index is -0.661. The van der Waals surface area contributed by atoms with Crippen LogP contribution in [0.1, 0.15) is 62.1 Å². The molecule has 6 heterocycles. The van der Waals surface area contributed by atoms with Gasteiger partial charge in [0.1, 0.15) is 11.3 Å². The largest absolute Gasteiger partial charge is 0.387 e. The zero-order valence-corrected chi connectivity index (χ0v) is 22.0. The maximum atomic E-state index is 13.0. The van der Waals surface area contributed by atoms with E-state index in [2.05, 4.69) is 26.6 Å². The smallest absolute Gasteiger partial charge is 0.229 e. The molecule has 10 nitrogen and oxygen atoms in total. The van der Waals surface area contributed by atoms with Crippen LogP contribution in [-0.2, 0) is 17.8 Å². The van der Waals surface area contributed by atoms with Crippen molar-refractivity contribution in [2.75, 3.05) is 42.9 Å². The van der Waals surface area contributed by atoms with Gasteiger partial charge in [0.05, 0.1) is 17.7 Å². The highest BCUT2D eigenvalue weighted by molar-refractivity contribution is 5.89. The molecular formula is C28H36N8O2. The molecule has 3 aliphatic heterocycles. The van der Waals surface area contributed by atoms with Crippen molar-refractivity contribution in [3.63, 3.8) is 0 Å². The van der Waals surface area contributed by atoms with Gasteiger partial charge in [-0.3, -0.25) is 4.79 Å². The van der Waals surface area contributed by atoms with E-state index in [1.165, 1.54) is 6.42 Å². The Labute approximate surface area is 222 Å². The molecule has 0 radical (unpaired) electrons. The van der Waals surface area contributed by atoms with Gasteiger partial charge in [0, 0.05) is 56.4 Å². The minimum Gasteiger partial charge on any atom is -0.387 e. The van der Waals surface area contributed by atoms with Gasteiger partial charge in [0.2, 0.25) is 11.9 Å². The Balaban J connectivity index is 1.22. The number of aliphatic hydroxyl groups excluding tert-OH is 1. The maximum absolute atomic E-state index is 13.0. The van der Waals surface area contributed by atoms with Crippen molar-refractivity contribution >= 4 is 34.4 Å². The first-order valence-corrected chi connectivity index (χ1v) is 13.9. The Morgan fingerprint density at radius 3 is 2.79 bits per heavy atom. The highest BCUT2D eigenvalue weighted by Gasteiger charge is 2.29. The van der Waals surface area contributed by atoms with Crippen molar-refractivity contribution in [1.29, 1.82) is 0 Å². The van der Waals surface area contributed by atoms with Crippen molar-refractivity contribution in [2.45, 2.75) is 58.1 Å². The van der Waals surface area contributed by atoms with Gasteiger partial charge in [0.15, 0.2) is 5.82 Å². The molecule has 38 heavy (non-hydrogen) atoms. The van der Waals surface area contributed by atoms with Gasteiger partial charge in [-0.2, -0.15) is 0 Å². The fourth-order valence-corrected chi connectivity index (χ4v) is 5.75. The normalized spacial score (nSPS) is 20.7. The Hall–Kier alpha value is -3.37. The summed E-state index contributed by atoms with van der Waals surface area (Å²) in [7, 11) is 0. The fourth-order valence-electron chi connectivity index (χ4n) is 5.75. The molecule has 2 fully saturated rings. The number of nitrogens with zero attached hydrogens (tertiary/aromatic N) is 6. The van der Waals surface area contributed by atoms with Crippen LogP contribution >= 0.6 is 0 Å². The summed E-state index contributed by atoms with van der Waals surface area (Å²) in [6.45, 7) is 6.69. The number of nitrogens with one attached hydrogen (secondary N) is 2. The average molecular weight is 517 g/mol. The van der Waals surface area contributed by atoms with E-state index in [0.717, 1.165) is 86.3 Å². The minimum absolute atomic E-state index is 0.0882. The van der Waals surface area contributed by atoms with Crippen LogP contribution < -0.4 is 15.5 Å². The number of aliphatic hydroxyl groups is 1. The molecule has 2 atom stereocenters. The Morgan fingerprint density at radius 1 is 1.13 bits per heavy atom. The summed E-state index contributed by atoms with van der Waals surface area (Å²) in [4.78, 5) is 36.3. The summed E-state index contributed by atoms with van der Waals surface area (Å²) in [5.41, 5.74) is 3.52. The van der Waals surface area contributed by atoms with E-state index in [-0.39, 0.29) is 11.8 Å². The van der Waals surface area contributed by atoms with Gasteiger partial charge >= 0.3 is 0 Å². The van der Waals surface area contributed by atoms with E-state index in [4.69, 9.17) is 15.0 Å². The van der Waals surface area contributed by atoms with Crippen molar-refractivity contribution in [3.05, 3.63) is 41.3 Å². The van der Waals surface area contributed by atoms with Crippen LogP contribution in [-0.4, -0.2) is 68.6 Å². The van der Waals surface area contributed by atoms with Gasteiger partial charge in [0.25, 0.3) is 0 Å². The number of piperidine rings is 2. The number of carbonyl (C=O) groups is 1. The molecule has 0 aliphatic carbocycles. The predicted molar refractivity (Wildman–Crippen MR) is 146 cm³/mol. The summed E-state index contributed by atoms with van der Waals surface area (Å²) in [6.07, 6.45) is 7.36. The van der Waals surface area contributed by atoms with Crippen LogP contribution in [0.25, 0.3) is 10.9 Å². The van der Waals surface area contributed by atoms with Crippen molar-refractivity contribution in [3.8, 4) is 0 Å². The third kappa shape index (κ3) is 5.15. The van der Waals surface area contributed by atoms with Crippen molar-refractivity contribution in [2.24, 2.45) is 5.92 Å². The number of rotatable bonds is 5. The second-order valence-electron chi connectivity index (χ2n) is 10.7. The van der Waals surface area contributed by atoms with Crippen LogP contribution in [0.5, 0.6) is 0 Å². The lowest BCUT2D eigenvalue weighted by molar-refractivity contribution is -0.137. The highest BCUT2D eigenvalue weighted by Crippen LogP contribution is 2.30. The molecule has 1 amide bonds. The molecule has 3 N–H and O–H groups in total. The summed E-state index contributed by atoms with van der Waals surface area (Å²) >= 11 is 0. The third-order valence-electron chi connectivity index (χ3n) is 7.90. The highest BCUT2D eigenvalue weighted by atomic mass is 16.3. The molecule has 200 valence electrons. The first kappa shape index (κ1) is 24.9. The third-order valence-corrected chi connectivity index (χ3v) is 7.90. The van der Waals surface area contributed by atoms with Crippen LogP contribution in [0.2, 0.25) is 0 Å². The van der Waals surface area contributed by atoms with Gasteiger partial charge < -0.3 is 25.5 Å². The second kappa shape index (κ2) is 10.8. The van der Waals surface area contributed by atoms with E-state index in [1.807, 2.05) is 17.0 Å². The van der Waals surface area contributed by atoms with Crippen LogP contribution in [0.4, 0.5) is 17.6 Å². The molecule has 0 aromatic carbocycles. The monoisotopic (exact) mass is 516 g/mol. The molecular weight excluding hydrogens is 480 g/mol. The fraction of sp³-hybridized carbons (Fsp3) is 0.536. The molecule has 3 aromatic heterocycles. The SMILES string of the molecule is C[C@@H](O)c1cc2cnc(Nc3ccc4c(n3)CCN(C(=O)[C@@H]3CCCNC3)C4)nc2c(N2CCCCC2)n1. The molecule has 0 unspecified atom stereocenters. The standard InChI is InChI=1S/C28H36N8O2/c1-18(37)23-14-21-16-30-28(34-25(21)26(32-23)35-11-3-2-4-12-35)33-24-8-7-20-17-36(13-9-22(20)31-24)27(38)19-6-5-10-29-15-19/h7-8,14,16,18-19,29,37H,2-6,9-13,15,17H2,1H3,(H,30,31,33,34)/t18-,19-/m1/s1. The van der Waals surface area contributed by atoms with E-state index in [1.54, 1.807) is 13.1 Å². The Bertz CT molecular complexity index is 1320. The lowest BCUT2D eigenvalue weighted by Crippen LogP contribution is -2.45. The quantitative estimate of drug-likeness (QED) is 0.470. The molecule has 6 rings (SSSR count). The van der Waals surface area contributed by atoms with Crippen LogP contribution in [0, 0.1) is 5.92 Å². The van der Waals surface area contributed by atoms with E-state index in [0.29, 0.717) is 30.5 Å². The average Bonchev–Trinajstić information content (AvgIpc) is 2.97. The molecule has 3 aromatic rings. The number of carbonyl (C=O) groups excluding carboxylic acids is 1. The zero-order chi connectivity index (χ0) is 26.1. The number of aromatic nitrogens is 4. The number of anilines is 3. The lowest BCUT2D eigenvalue weighted by Gasteiger charge is -2.33. The topological polar surface area (TPSA) is 119 Å². The Morgan fingerprint density at radius 2 is 2.00 bits per heavy atom. The molecule has 0 bridgehead atoms. The molecule has 10 heteroatoms. The number of pyridine rings is 2. The number of amides is 1. The van der Waals surface area contributed by atoms with E-state index in [9.17, 15) is 9.90 Å². The second-order valence-corrected chi connectivity index (χ2v) is 10.7. The Kier molecular flexibility index (Phi) is 7.08. The predicted octanol–water partition coefficient (Wildman–Crippen LogP) is 3.09. The molecule has 0 spiro atoms. The summed E-state index contributed by atoms with van der Waals surface area (Å²) in [6, 6.07) is 5.85. The van der Waals surface area contributed by atoms with Crippen molar-refractivity contribution in [1.82, 2.24) is 30.2 Å². The van der Waals surface area contributed by atoms with Crippen molar-refractivity contribution < 1.29 is 9.90 Å². The first-order chi connectivity index (χ1) is 18.5. The van der Waals surface area contributed by atoms with Gasteiger partial charge in [-0.1, -0.05) is 6.07 Å². The summed E-state index contributed by atoms with van der Waals surface area (Å²) in [5.74, 6) is 2.30. The summed E-state index contributed by atoms with van der Waals surface area (Å²) in [5, 5.41) is 17.7. The van der Waals surface area contributed by atoms with Crippen LogP contribution in [0.15, 0.2) is 24.4 Å². The lowest BCUT2D eigenvalue weighted by atomic mass is 9.96. The van der Waals surface area contributed by atoms with Gasteiger partial charge in [-0.15, -0.1) is 0 Å². The number of hydrogen-bond donors (Lipinski definition) is 3. The number of hydrogen-bond acceptors (Lipinski definition) is 9. The number of fused-ring (bicyclic) bond motifs is 2.